The summed E-state index contributed by atoms with van der Waals surface area (Å²) in [6.07, 6.45) is 0. The molecule has 0 amide bonds. The Morgan fingerprint density at radius 2 is 1.71 bits per heavy atom. The minimum atomic E-state index is 0.394. The van der Waals surface area contributed by atoms with Gasteiger partial charge >= 0.3 is 0 Å². The molecule has 0 saturated heterocycles. The summed E-state index contributed by atoms with van der Waals surface area (Å²) >= 11 is 4.96. The molecule has 0 radical (unpaired) electrons. The molecular formula is C14H14N2S. The van der Waals surface area contributed by atoms with Crippen LogP contribution in [0.15, 0.2) is 36.4 Å². The molecule has 3 heteroatoms. The van der Waals surface area contributed by atoms with E-state index in [-0.39, 0.29) is 0 Å². The van der Waals surface area contributed by atoms with Crippen molar-refractivity contribution in [2.75, 3.05) is 0 Å². The molecule has 0 aliphatic rings. The predicted molar refractivity (Wildman–Crippen MR) is 75.0 cm³/mol. The molecule has 2 aromatic rings. The number of nitrogens with two attached hydrogens (primary N) is 1. The minimum Gasteiger partial charge on any atom is -0.389 e. The average Bonchev–Trinajstić information content (AvgIpc) is 2.29. The highest BCUT2D eigenvalue weighted by molar-refractivity contribution is 7.80. The van der Waals surface area contributed by atoms with Gasteiger partial charge in [-0.15, -0.1) is 0 Å². The van der Waals surface area contributed by atoms with Gasteiger partial charge in [0, 0.05) is 16.8 Å². The molecule has 86 valence electrons. The van der Waals surface area contributed by atoms with Crippen LogP contribution < -0.4 is 5.73 Å². The van der Waals surface area contributed by atoms with Crippen molar-refractivity contribution in [2.45, 2.75) is 13.8 Å². The summed E-state index contributed by atoms with van der Waals surface area (Å²) < 4.78 is 0. The fourth-order valence-electron chi connectivity index (χ4n) is 1.71. The van der Waals surface area contributed by atoms with E-state index in [0.29, 0.717) is 4.99 Å². The summed E-state index contributed by atoms with van der Waals surface area (Å²) in [6.45, 7) is 3.99. The van der Waals surface area contributed by atoms with Gasteiger partial charge in [0.1, 0.15) is 4.99 Å². The number of pyridine rings is 1. The SMILES string of the molecule is Cc1ccc(-c2ccc(C(N)=S)c(C)n2)cc1. The zero-order valence-corrected chi connectivity index (χ0v) is 10.7. The summed E-state index contributed by atoms with van der Waals surface area (Å²) in [4.78, 5) is 4.92. The van der Waals surface area contributed by atoms with Gasteiger partial charge in [-0.05, 0) is 26.0 Å². The third-order valence-corrected chi connectivity index (χ3v) is 2.92. The topological polar surface area (TPSA) is 38.9 Å². The van der Waals surface area contributed by atoms with Gasteiger partial charge in [0.2, 0.25) is 0 Å². The van der Waals surface area contributed by atoms with E-state index >= 15 is 0 Å². The summed E-state index contributed by atoms with van der Waals surface area (Å²) in [5.74, 6) is 0. The van der Waals surface area contributed by atoms with Crippen LogP contribution in [0, 0.1) is 13.8 Å². The fraction of sp³-hybridized carbons (Fsp3) is 0.143. The van der Waals surface area contributed by atoms with Gasteiger partial charge < -0.3 is 5.73 Å². The third kappa shape index (κ3) is 2.50. The molecule has 0 saturated carbocycles. The number of benzene rings is 1. The second-order valence-corrected chi connectivity index (χ2v) is 4.50. The molecule has 0 bridgehead atoms. The van der Waals surface area contributed by atoms with Crippen molar-refractivity contribution in [1.29, 1.82) is 0 Å². The first-order valence-corrected chi connectivity index (χ1v) is 5.83. The second kappa shape index (κ2) is 4.63. The summed E-state index contributed by atoms with van der Waals surface area (Å²) in [6, 6.07) is 12.2. The monoisotopic (exact) mass is 242 g/mol. The molecule has 2 N–H and O–H groups in total. The van der Waals surface area contributed by atoms with E-state index in [0.717, 1.165) is 22.5 Å². The van der Waals surface area contributed by atoms with Crippen molar-refractivity contribution < 1.29 is 0 Å². The number of thiocarbonyl (C=S) groups is 1. The molecule has 0 fully saturated rings. The first-order chi connectivity index (χ1) is 8.08. The number of aryl methyl sites for hydroxylation is 2. The molecule has 1 aromatic carbocycles. The van der Waals surface area contributed by atoms with Crippen LogP contribution in [0.2, 0.25) is 0 Å². The number of hydrogen-bond acceptors (Lipinski definition) is 2. The van der Waals surface area contributed by atoms with Crippen LogP contribution in [-0.4, -0.2) is 9.97 Å². The van der Waals surface area contributed by atoms with E-state index in [1.807, 2.05) is 19.1 Å². The van der Waals surface area contributed by atoms with Crippen molar-refractivity contribution in [3.63, 3.8) is 0 Å². The molecular weight excluding hydrogens is 228 g/mol. The molecule has 1 heterocycles. The van der Waals surface area contributed by atoms with Crippen LogP contribution in [0.3, 0.4) is 0 Å². The van der Waals surface area contributed by atoms with Crippen molar-refractivity contribution in [2.24, 2.45) is 5.73 Å². The van der Waals surface area contributed by atoms with Crippen molar-refractivity contribution in [3.05, 3.63) is 53.2 Å². The summed E-state index contributed by atoms with van der Waals surface area (Å²) in [5, 5.41) is 0. The standard InChI is InChI=1S/C14H14N2S/c1-9-3-5-11(6-4-9)13-8-7-12(14(15)17)10(2)16-13/h3-8H,1-2H3,(H2,15,17). The first kappa shape index (κ1) is 11.7. The maximum absolute atomic E-state index is 5.61. The number of hydrogen-bond donors (Lipinski definition) is 1. The second-order valence-electron chi connectivity index (χ2n) is 4.06. The van der Waals surface area contributed by atoms with Crippen LogP contribution in [0.25, 0.3) is 11.3 Å². The number of nitrogens with zero attached hydrogens (tertiary/aromatic N) is 1. The Morgan fingerprint density at radius 1 is 1.06 bits per heavy atom. The van der Waals surface area contributed by atoms with Crippen LogP contribution in [0.1, 0.15) is 16.8 Å². The highest BCUT2D eigenvalue weighted by Crippen LogP contribution is 2.19. The van der Waals surface area contributed by atoms with E-state index < -0.39 is 0 Å². The van der Waals surface area contributed by atoms with E-state index in [9.17, 15) is 0 Å². The molecule has 17 heavy (non-hydrogen) atoms. The van der Waals surface area contributed by atoms with E-state index in [4.69, 9.17) is 18.0 Å². The Bertz CT molecular complexity index is 559. The molecule has 0 aliphatic heterocycles. The largest absolute Gasteiger partial charge is 0.389 e. The fourth-order valence-corrected chi connectivity index (χ4v) is 1.92. The molecule has 0 unspecified atom stereocenters. The molecule has 0 aliphatic carbocycles. The third-order valence-electron chi connectivity index (χ3n) is 2.70. The van der Waals surface area contributed by atoms with Gasteiger partial charge in [-0.2, -0.15) is 0 Å². The maximum atomic E-state index is 5.61. The molecule has 2 rings (SSSR count). The van der Waals surface area contributed by atoms with Crippen molar-refractivity contribution in [1.82, 2.24) is 4.98 Å². The lowest BCUT2D eigenvalue weighted by Gasteiger charge is -2.06. The maximum Gasteiger partial charge on any atom is 0.105 e. The lowest BCUT2D eigenvalue weighted by Crippen LogP contribution is -2.12. The number of aromatic nitrogens is 1. The predicted octanol–water partition coefficient (Wildman–Crippen LogP) is 3.00. The molecule has 2 nitrogen and oxygen atoms in total. The van der Waals surface area contributed by atoms with Crippen molar-refractivity contribution in [3.8, 4) is 11.3 Å². The van der Waals surface area contributed by atoms with Crippen molar-refractivity contribution >= 4 is 17.2 Å². The Balaban J connectivity index is 2.44. The van der Waals surface area contributed by atoms with Gasteiger partial charge in [-0.1, -0.05) is 42.0 Å². The highest BCUT2D eigenvalue weighted by Gasteiger charge is 2.05. The van der Waals surface area contributed by atoms with E-state index in [2.05, 4.69) is 36.2 Å². The Kier molecular flexibility index (Phi) is 3.20. The smallest absolute Gasteiger partial charge is 0.105 e. The van der Waals surface area contributed by atoms with Gasteiger partial charge in [0.05, 0.1) is 5.69 Å². The molecule has 1 aromatic heterocycles. The van der Waals surface area contributed by atoms with Crippen LogP contribution in [0.5, 0.6) is 0 Å². The van der Waals surface area contributed by atoms with Gasteiger partial charge in [0.25, 0.3) is 0 Å². The van der Waals surface area contributed by atoms with Crippen LogP contribution in [-0.2, 0) is 0 Å². The quantitative estimate of drug-likeness (QED) is 0.823. The van der Waals surface area contributed by atoms with Gasteiger partial charge in [-0.3, -0.25) is 4.98 Å². The first-order valence-electron chi connectivity index (χ1n) is 5.42. The lowest BCUT2D eigenvalue weighted by atomic mass is 10.1. The van der Waals surface area contributed by atoms with Gasteiger partial charge in [-0.25, -0.2) is 0 Å². The van der Waals surface area contributed by atoms with Crippen LogP contribution >= 0.6 is 12.2 Å². The normalized spacial score (nSPS) is 10.2. The number of rotatable bonds is 2. The molecule has 0 atom stereocenters. The minimum absolute atomic E-state index is 0.394. The van der Waals surface area contributed by atoms with E-state index in [1.54, 1.807) is 0 Å². The Labute approximate surface area is 107 Å². The van der Waals surface area contributed by atoms with E-state index in [1.165, 1.54) is 5.56 Å². The summed E-state index contributed by atoms with van der Waals surface area (Å²) in [7, 11) is 0. The molecule has 0 spiro atoms. The summed E-state index contributed by atoms with van der Waals surface area (Å²) in [5.41, 5.74) is 10.6. The highest BCUT2D eigenvalue weighted by atomic mass is 32.1. The zero-order chi connectivity index (χ0) is 12.4. The Hall–Kier alpha value is -1.74. The zero-order valence-electron chi connectivity index (χ0n) is 9.90. The van der Waals surface area contributed by atoms with Crippen LogP contribution in [0.4, 0.5) is 0 Å². The lowest BCUT2D eigenvalue weighted by molar-refractivity contribution is 1.19. The average molecular weight is 242 g/mol. The van der Waals surface area contributed by atoms with Gasteiger partial charge in [0.15, 0.2) is 0 Å². The Morgan fingerprint density at radius 3 is 2.24 bits per heavy atom.